The van der Waals surface area contributed by atoms with Crippen LogP contribution in [-0.2, 0) is 4.79 Å². The number of amides is 1. The van der Waals surface area contributed by atoms with Crippen molar-refractivity contribution >= 4 is 17.7 Å². The van der Waals surface area contributed by atoms with Crippen molar-refractivity contribution < 1.29 is 4.79 Å². The Balaban J connectivity index is 1.98. The fourth-order valence-corrected chi connectivity index (χ4v) is 2.80. The summed E-state index contributed by atoms with van der Waals surface area (Å²) < 4.78 is 2.03. The van der Waals surface area contributed by atoms with Gasteiger partial charge >= 0.3 is 0 Å². The number of hydrogen-bond acceptors (Lipinski definition) is 3. The van der Waals surface area contributed by atoms with Crippen LogP contribution in [0.25, 0.3) is 5.69 Å². The molecule has 2 rings (SSSR count). The van der Waals surface area contributed by atoms with Gasteiger partial charge < -0.3 is 5.32 Å². The van der Waals surface area contributed by atoms with Gasteiger partial charge in [-0.1, -0.05) is 43.3 Å². The van der Waals surface area contributed by atoms with Crippen molar-refractivity contribution in [3.63, 3.8) is 0 Å². The number of carbonyl (C=O) groups is 1. The van der Waals surface area contributed by atoms with E-state index in [2.05, 4.69) is 36.3 Å². The van der Waals surface area contributed by atoms with Crippen LogP contribution in [-0.4, -0.2) is 27.8 Å². The quantitative estimate of drug-likeness (QED) is 0.631. The van der Waals surface area contributed by atoms with Gasteiger partial charge in [-0.25, -0.2) is 4.98 Å². The second-order valence-electron chi connectivity index (χ2n) is 4.86. The van der Waals surface area contributed by atoms with Gasteiger partial charge in [-0.3, -0.25) is 9.36 Å². The van der Waals surface area contributed by atoms with Gasteiger partial charge in [0, 0.05) is 18.9 Å². The van der Waals surface area contributed by atoms with Crippen molar-refractivity contribution in [3.05, 3.63) is 42.2 Å². The highest BCUT2D eigenvalue weighted by molar-refractivity contribution is 7.99. The number of hydrogen-bond donors (Lipinski definition) is 1. The fourth-order valence-electron chi connectivity index (χ4n) is 2.00. The molecule has 1 amide bonds. The minimum atomic E-state index is 0.0628. The fraction of sp³-hybridized carbons (Fsp3) is 0.375. The van der Waals surface area contributed by atoms with Gasteiger partial charge in [-0.2, -0.15) is 0 Å². The normalized spacial score (nSPS) is 10.6. The summed E-state index contributed by atoms with van der Waals surface area (Å²) in [6.45, 7) is 4.93. The second-order valence-corrected chi connectivity index (χ2v) is 5.80. The molecule has 0 unspecified atom stereocenters. The topological polar surface area (TPSA) is 46.9 Å². The molecule has 0 saturated heterocycles. The molecule has 4 nitrogen and oxygen atoms in total. The molecule has 0 aliphatic carbocycles. The minimum absolute atomic E-state index is 0.0628. The van der Waals surface area contributed by atoms with Gasteiger partial charge in [0.2, 0.25) is 5.91 Å². The van der Waals surface area contributed by atoms with E-state index in [-0.39, 0.29) is 5.91 Å². The number of para-hydroxylation sites is 1. The molecule has 0 aliphatic rings. The van der Waals surface area contributed by atoms with Gasteiger partial charge in [0.1, 0.15) is 0 Å². The molecule has 0 radical (unpaired) electrons. The van der Waals surface area contributed by atoms with E-state index < -0.39 is 0 Å². The summed E-state index contributed by atoms with van der Waals surface area (Å²) in [5.41, 5.74) is 2.29. The Morgan fingerprint density at radius 1 is 1.38 bits per heavy atom. The van der Waals surface area contributed by atoms with Crippen LogP contribution in [0, 0.1) is 6.92 Å². The summed E-state index contributed by atoms with van der Waals surface area (Å²) in [5.74, 6) is 0.458. The zero-order chi connectivity index (χ0) is 15.1. The molecular weight excluding hydrogens is 282 g/mol. The SMILES string of the molecule is CCCCNC(=O)CSc1nccn1-c1ccccc1C. The van der Waals surface area contributed by atoms with Crippen molar-refractivity contribution in [2.24, 2.45) is 0 Å². The van der Waals surface area contributed by atoms with Crippen LogP contribution in [0.2, 0.25) is 0 Å². The van der Waals surface area contributed by atoms with E-state index in [0.717, 1.165) is 30.2 Å². The summed E-state index contributed by atoms with van der Waals surface area (Å²) >= 11 is 1.46. The van der Waals surface area contributed by atoms with Crippen molar-refractivity contribution in [3.8, 4) is 5.69 Å². The third-order valence-electron chi connectivity index (χ3n) is 3.17. The number of carbonyl (C=O) groups excluding carboxylic acids is 1. The number of nitrogens with zero attached hydrogens (tertiary/aromatic N) is 2. The molecule has 0 bridgehead atoms. The molecule has 0 saturated carbocycles. The Hall–Kier alpha value is -1.75. The molecule has 0 spiro atoms. The van der Waals surface area contributed by atoms with Crippen LogP contribution in [0.3, 0.4) is 0 Å². The van der Waals surface area contributed by atoms with E-state index in [4.69, 9.17) is 0 Å². The zero-order valence-electron chi connectivity index (χ0n) is 12.5. The lowest BCUT2D eigenvalue weighted by Gasteiger charge is -2.10. The minimum Gasteiger partial charge on any atom is -0.355 e. The Labute approximate surface area is 130 Å². The maximum Gasteiger partial charge on any atom is 0.230 e. The monoisotopic (exact) mass is 303 g/mol. The Morgan fingerprint density at radius 3 is 2.95 bits per heavy atom. The summed E-state index contributed by atoms with van der Waals surface area (Å²) in [4.78, 5) is 16.1. The number of benzene rings is 1. The van der Waals surface area contributed by atoms with Gasteiger partial charge in [-0.05, 0) is 25.0 Å². The number of nitrogens with one attached hydrogen (secondary N) is 1. The second kappa shape index (κ2) is 7.88. The largest absolute Gasteiger partial charge is 0.355 e. The average Bonchev–Trinajstić information content (AvgIpc) is 2.94. The average molecular weight is 303 g/mol. The molecule has 1 aromatic heterocycles. The number of imidazole rings is 1. The van der Waals surface area contributed by atoms with E-state index in [1.807, 2.05) is 22.9 Å². The summed E-state index contributed by atoms with van der Waals surface area (Å²) in [5, 5.41) is 3.76. The lowest BCUT2D eigenvalue weighted by Crippen LogP contribution is -2.26. The molecule has 5 heteroatoms. The maximum absolute atomic E-state index is 11.8. The first-order valence-electron chi connectivity index (χ1n) is 7.21. The number of aryl methyl sites for hydroxylation is 1. The van der Waals surface area contributed by atoms with Gasteiger partial charge in [0.05, 0.1) is 11.4 Å². The molecule has 1 aromatic carbocycles. The Morgan fingerprint density at radius 2 is 2.19 bits per heavy atom. The van der Waals surface area contributed by atoms with E-state index in [0.29, 0.717) is 5.75 Å². The summed E-state index contributed by atoms with van der Waals surface area (Å²) in [7, 11) is 0. The summed E-state index contributed by atoms with van der Waals surface area (Å²) in [6.07, 6.45) is 5.81. The van der Waals surface area contributed by atoms with Gasteiger partial charge in [0.15, 0.2) is 5.16 Å². The molecule has 1 N–H and O–H groups in total. The molecular formula is C16H21N3OS. The number of aromatic nitrogens is 2. The number of thioether (sulfide) groups is 1. The Kier molecular flexibility index (Phi) is 5.87. The smallest absolute Gasteiger partial charge is 0.230 e. The Bertz CT molecular complexity index is 595. The van der Waals surface area contributed by atoms with Crippen LogP contribution in [0.4, 0.5) is 0 Å². The number of rotatable bonds is 7. The standard InChI is InChI=1S/C16H21N3OS/c1-3-4-9-17-15(20)12-21-16-18-10-11-19(16)14-8-6-5-7-13(14)2/h5-8,10-11H,3-4,9,12H2,1-2H3,(H,17,20). The zero-order valence-corrected chi connectivity index (χ0v) is 13.3. The highest BCUT2D eigenvalue weighted by Crippen LogP contribution is 2.22. The third-order valence-corrected chi connectivity index (χ3v) is 4.13. The van der Waals surface area contributed by atoms with Crippen molar-refractivity contribution in [1.29, 1.82) is 0 Å². The molecule has 0 atom stereocenters. The molecule has 21 heavy (non-hydrogen) atoms. The first kappa shape index (κ1) is 15.6. The van der Waals surface area contributed by atoms with Crippen LogP contribution >= 0.6 is 11.8 Å². The molecule has 2 aromatic rings. The van der Waals surface area contributed by atoms with Crippen molar-refractivity contribution in [2.75, 3.05) is 12.3 Å². The van der Waals surface area contributed by atoms with E-state index in [1.54, 1.807) is 6.20 Å². The molecule has 0 fully saturated rings. The van der Waals surface area contributed by atoms with Crippen LogP contribution in [0.1, 0.15) is 25.3 Å². The van der Waals surface area contributed by atoms with Crippen LogP contribution in [0.15, 0.2) is 41.8 Å². The predicted octanol–water partition coefficient (Wildman–Crippen LogP) is 3.19. The lowest BCUT2D eigenvalue weighted by atomic mass is 10.2. The van der Waals surface area contributed by atoms with Crippen LogP contribution in [0.5, 0.6) is 0 Å². The van der Waals surface area contributed by atoms with Crippen LogP contribution < -0.4 is 5.32 Å². The van der Waals surface area contributed by atoms with E-state index in [1.165, 1.54) is 17.3 Å². The molecule has 1 heterocycles. The lowest BCUT2D eigenvalue weighted by molar-refractivity contribution is -0.118. The molecule has 0 aliphatic heterocycles. The first-order valence-corrected chi connectivity index (χ1v) is 8.19. The third kappa shape index (κ3) is 4.36. The highest BCUT2D eigenvalue weighted by Gasteiger charge is 2.09. The van der Waals surface area contributed by atoms with E-state index >= 15 is 0 Å². The summed E-state index contributed by atoms with van der Waals surface area (Å²) in [6, 6.07) is 8.15. The number of unbranched alkanes of at least 4 members (excludes halogenated alkanes) is 1. The first-order chi connectivity index (χ1) is 10.2. The van der Waals surface area contributed by atoms with Crippen molar-refractivity contribution in [2.45, 2.75) is 31.8 Å². The maximum atomic E-state index is 11.8. The van der Waals surface area contributed by atoms with Crippen molar-refractivity contribution in [1.82, 2.24) is 14.9 Å². The predicted molar refractivity (Wildman–Crippen MR) is 86.9 cm³/mol. The molecule has 112 valence electrons. The van der Waals surface area contributed by atoms with Gasteiger partial charge in [0.25, 0.3) is 0 Å². The van der Waals surface area contributed by atoms with E-state index in [9.17, 15) is 4.79 Å². The van der Waals surface area contributed by atoms with Gasteiger partial charge in [-0.15, -0.1) is 0 Å². The highest BCUT2D eigenvalue weighted by atomic mass is 32.2.